The van der Waals surface area contributed by atoms with E-state index >= 15 is 0 Å². The van der Waals surface area contributed by atoms with Gasteiger partial charge in [0.25, 0.3) is 0 Å². The molecule has 1 fully saturated rings. The van der Waals surface area contributed by atoms with E-state index < -0.39 is 61.1 Å². The molecule has 13 nitrogen and oxygen atoms in total. The number of hydrogen-bond acceptors (Lipinski definition) is 8. The zero-order valence-electron chi connectivity index (χ0n) is 19.1. The second-order valence-electron chi connectivity index (χ2n) is 8.40. The van der Waals surface area contributed by atoms with E-state index in [-0.39, 0.29) is 17.9 Å². The monoisotopic (exact) mass is 473 g/mol. The van der Waals surface area contributed by atoms with Crippen LogP contribution in [0.2, 0.25) is 0 Å². The summed E-state index contributed by atoms with van der Waals surface area (Å²) < 4.78 is 0. The molecule has 0 radical (unpaired) electrons. The number of aliphatic hydroxyl groups excluding tert-OH is 2. The SMILES string of the molecule is CC(C)C[C@H](NC(=O)[C@@H]1CCCN1)C(=O)N[C@@H](C)C(=O)N[C@@H](CO)C(=O)N[C@@H](CO)C(=O)O. The molecule has 188 valence electrons. The minimum Gasteiger partial charge on any atom is -0.480 e. The predicted molar refractivity (Wildman–Crippen MR) is 116 cm³/mol. The second kappa shape index (κ2) is 13.7. The molecular formula is C20H35N5O8. The number of carbonyl (C=O) groups is 5. The number of amides is 4. The van der Waals surface area contributed by atoms with Crippen molar-refractivity contribution < 1.29 is 39.3 Å². The molecule has 4 amide bonds. The summed E-state index contributed by atoms with van der Waals surface area (Å²) in [6, 6.07) is -5.46. The van der Waals surface area contributed by atoms with Gasteiger partial charge in [0.1, 0.15) is 24.2 Å². The molecule has 33 heavy (non-hydrogen) atoms. The van der Waals surface area contributed by atoms with Crippen LogP contribution in [0.1, 0.15) is 40.0 Å². The summed E-state index contributed by atoms with van der Waals surface area (Å²) in [5, 5.41) is 39.7. The van der Waals surface area contributed by atoms with Crippen LogP contribution in [0.25, 0.3) is 0 Å². The Morgan fingerprint density at radius 3 is 1.91 bits per heavy atom. The van der Waals surface area contributed by atoms with Gasteiger partial charge in [-0.05, 0) is 38.6 Å². The summed E-state index contributed by atoms with van der Waals surface area (Å²) in [4.78, 5) is 60.6. The van der Waals surface area contributed by atoms with Gasteiger partial charge in [0.15, 0.2) is 0 Å². The Morgan fingerprint density at radius 1 is 0.848 bits per heavy atom. The first-order chi connectivity index (χ1) is 15.5. The highest BCUT2D eigenvalue weighted by atomic mass is 16.4. The van der Waals surface area contributed by atoms with Crippen LogP contribution < -0.4 is 26.6 Å². The van der Waals surface area contributed by atoms with E-state index in [9.17, 15) is 29.1 Å². The van der Waals surface area contributed by atoms with E-state index in [1.54, 1.807) is 0 Å². The number of rotatable bonds is 13. The third-order valence-corrected chi connectivity index (χ3v) is 5.08. The number of carboxylic acids is 1. The van der Waals surface area contributed by atoms with E-state index in [4.69, 9.17) is 10.2 Å². The van der Waals surface area contributed by atoms with Gasteiger partial charge in [-0.3, -0.25) is 19.2 Å². The van der Waals surface area contributed by atoms with E-state index in [0.29, 0.717) is 12.8 Å². The first kappa shape index (κ1) is 28.3. The highest BCUT2D eigenvalue weighted by Gasteiger charge is 2.31. The third-order valence-electron chi connectivity index (χ3n) is 5.08. The molecule has 1 aliphatic rings. The van der Waals surface area contributed by atoms with Crippen molar-refractivity contribution in [3.05, 3.63) is 0 Å². The number of aliphatic carboxylic acids is 1. The lowest BCUT2D eigenvalue weighted by molar-refractivity contribution is -0.143. The van der Waals surface area contributed by atoms with E-state index in [2.05, 4.69) is 21.3 Å². The van der Waals surface area contributed by atoms with Gasteiger partial charge in [0.05, 0.1) is 19.3 Å². The van der Waals surface area contributed by atoms with E-state index in [1.165, 1.54) is 6.92 Å². The van der Waals surface area contributed by atoms with Crippen LogP contribution in [0.15, 0.2) is 0 Å². The summed E-state index contributed by atoms with van der Waals surface area (Å²) in [5.74, 6) is -4.09. The molecule has 0 spiro atoms. The molecule has 0 aliphatic carbocycles. The Bertz CT molecular complexity index is 711. The maximum Gasteiger partial charge on any atom is 0.328 e. The fraction of sp³-hybridized carbons (Fsp3) is 0.750. The average molecular weight is 474 g/mol. The zero-order chi connectivity index (χ0) is 25.1. The molecule has 0 unspecified atom stereocenters. The minimum atomic E-state index is -1.60. The van der Waals surface area contributed by atoms with Crippen molar-refractivity contribution in [3.8, 4) is 0 Å². The van der Waals surface area contributed by atoms with Crippen LogP contribution in [-0.4, -0.2) is 94.9 Å². The fourth-order valence-corrected chi connectivity index (χ4v) is 3.21. The highest BCUT2D eigenvalue weighted by Crippen LogP contribution is 2.09. The van der Waals surface area contributed by atoms with Crippen molar-refractivity contribution in [1.82, 2.24) is 26.6 Å². The maximum absolute atomic E-state index is 12.7. The van der Waals surface area contributed by atoms with E-state index in [0.717, 1.165) is 13.0 Å². The Morgan fingerprint density at radius 2 is 1.42 bits per heavy atom. The normalized spacial score (nSPS) is 19.2. The Kier molecular flexibility index (Phi) is 11.7. The van der Waals surface area contributed by atoms with Gasteiger partial charge in [-0.1, -0.05) is 13.8 Å². The first-order valence-corrected chi connectivity index (χ1v) is 10.9. The van der Waals surface area contributed by atoms with Gasteiger partial charge in [0, 0.05) is 0 Å². The van der Waals surface area contributed by atoms with Crippen molar-refractivity contribution in [2.24, 2.45) is 5.92 Å². The van der Waals surface area contributed by atoms with Gasteiger partial charge in [-0.25, -0.2) is 4.79 Å². The number of hydrogen-bond donors (Lipinski definition) is 8. The molecule has 1 aliphatic heterocycles. The average Bonchev–Trinajstić information content (AvgIpc) is 3.29. The zero-order valence-corrected chi connectivity index (χ0v) is 19.1. The maximum atomic E-state index is 12.7. The predicted octanol–water partition coefficient (Wildman–Crippen LogP) is -3.19. The molecule has 0 aromatic carbocycles. The van der Waals surface area contributed by atoms with Crippen LogP contribution >= 0.6 is 0 Å². The summed E-state index contributed by atoms with van der Waals surface area (Å²) in [6.07, 6.45) is 1.88. The van der Waals surface area contributed by atoms with Crippen molar-refractivity contribution in [2.75, 3.05) is 19.8 Å². The molecule has 13 heteroatoms. The van der Waals surface area contributed by atoms with Crippen molar-refractivity contribution in [1.29, 1.82) is 0 Å². The smallest absolute Gasteiger partial charge is 0.328 e. The van der Waals surface area contributed by atoms with Crippen LogP contribution in [0.4, 0.5) is 0 Å². The van der Waals surface area contributed by atoms with Crippen LogP contribution in [-0.2, 0) is 24.0 Å². The molecule has 5 atom stereocenters. The standard InChI is InChI=1S/C20H35N5O8/c1-10(2)7-13(23-17(29)12-5-4-6-21-12)18(30)22-11(3)16(28)24-14(8-26)19(31)25-15(9-27)20(32)33/h10-15,21,26-27H,4-9H2,1-3H3,(H,22,30)(H,23,29)(H,24,28)(H,25,31)(H,32,33)/t11-,12-,13-,14-,15-/m0/s1. The lowest BCUT2D eigenvalue weighted by Gasteiger charge is -2.25. The lowest BCUT2D eigenvalue weighted by Crippen LogP contribution is -2.58. The largest absolute Gasteiger partial charge is 0.480 e. The number of carbonyl (C=O) groups excluding carboxylic acids is 4. The summed E-state index contributed by atoms with van der Waals surface area (Å²) in [6.45, 7) is 4.15. The van der Waals surface area contributed by atoms with Gasteiger partial charge in [-0.2, -0.15) is 0 Å². The fourth-order valence-electron chi connectivity index (χ4n) is 3.21. The lowest BCUT2D eigenvalue weighted by atomic mass is 10.0. The third kappa shape index (κ3) is 9.32. The van der Waals surface area contributed by atoms with Gasteiger partial charge in [0.2, 0.25) is 23.6 Å². The van der Waals surface area contributed by atoms with Crippen molar-refractivity contribution in [3.63, 3.8) is 0 Å². The van der Waals surface area contributed by atoms with Crippen LogP contribution in [0.5, 0.6) is 0 Å². The van der Waals surface area contributed by atoms with Crippen molar-refractivity contribution >= 4 is 29.6 Å². The quantitative estimate of drug-likeness (QED) is 0.135. The van der Waals surface area contributed by atoms with Gasteiger partial charge < -0.3 is 41.9 Å². The Labute approximate surface area is 192 Å². The van der Waals surface area contributed by atoms with Gasteiger partial charge >= 0.3 is 5.97 Å². The highest BCUT2D eigenvalue weighted by molar-refractivity contribution is 5.95. The number of carboxylic acid groups (broad SMARTS) is 1. The van der Waals surface area contributed by atoms with Gasteiger partial charge in [-0.15, -0.1) is 0 Å². The van der Waals surface area contributed by atoms with Crippen molar-refractivity contribution in [2.45, 2.75) is 70.2 Å². The van der Waals surface area contributed by atoms with Crippen LogP contribution in [0, 0.1) is 5.92 Å². The molecule has 0 saturated carbocycles. The summed E-state index contributed by atoms with van der Waals surface area (Å²) in [5.41, 5.74) is 0. The number of nitrogens with one attached hydrogen (secondary N) is 5. The number of aliphatic hydroxyl groups is 2. The second-order valence-corrected chi connectivity index (χ2v) is 8.40. The topological polar surface area (TPSA) is 206 Å². The Balaban J connectivity index is 2.71. The molecule has 1 rings (SSSR count). The molecule has 1 saturated heterocycles. The van der Waals surface area contributed by atoms with E-state index in [1.807, 2.05) is 19.2 Å². The Hall–Kier alpha value is -2.77. The molecule has 1 heterocycles. The molecule has 0 bridgehead atoms. The van der Waals surface area contributed by atoms with Crippen LogP contribution in [0.3, 0.4) is 0 Å². The summed E-state index contributed by atoms with van der Waals surface area (Å²) >= 11 is 0. The first-order valence-electron chi connectivity index (χ1n) is 10.9. The molecule has 0 aromatic rings. The molecule has 8 N–H and O–H groups in total. The summed E-state index contributed by atoms with van der Waals surface area (Å²) in [7, 11) is 0. The minimum absolute atomic E-state index is 0.0814. The molecule has 0 aromatic heterocycles. The molecular weight excluding hydrogens is 438 g/mol.